The number of hydrogen-bond donors (Lipinski definition) is 0. The Morgan fingerprint density at radius 1 is 0.136 bits per heavy atom. The van der Waals surface area contributed by atoms with Crippen molar-refractivity contribution in [3.8, 4) is 136 Å². The standard InChI is InChI=1S/C108H68N10/c1-8-30-69(31-9-1)75-54-57-87-88-59-56-77(92-62-79(67-99-102(92)90-50-24-27-53-95(90)116(99)82-43-18-6-19-44-82)107-111-103(70-32-10-2-11-33-70)109-104(112-107)71-34-12-3-13-35-71)66-98(88)118(96(87)64-75)84-47-29-39-74(61-84)73-38-28-40-78(60-73)106-110-105(72-36-14-4-15-37-72)113-108(114-106)80-63-91(101-89-49-23-26-52-94(89)117(100(101)68-80)83-45-20-7-21-46-83)76-55-58-86-85-48-22-25-51-93(85)115(97(86)65-76)81-41-16-5-17-42-81/h1-68H. The van der Waals surface area contributed by atoms with Crippen LogP contribution in [-0.4, -0.2) is 48.2 Å². The first-order chi connectivity index (χ1) is 58.5. The van der Waals surface area contributed by atoms with Crippen molar-refractivity contribution in [3.63, 3.8) is 0 Å². The zero-order valence-corrected chi connectivity index (χ0v) is 63.7. The van der Waals surface area contributed by atoms with Gasteiger partial charge in [-0.05, 0) is 160 Å². The van der Waals surface area contributed by atoms with Crippen LogP contribution in [0.15, 0.2) is 413 Å². The minimum Gasteiger partial charge on any atom is -0.309 e. The highest BCUT2D eigenvalue weighted by molar-refractivity contribution is 6.20. The Morgan fingerprint density at radius 3 is 0.831 bits per heavy atom. The quantitative estimate of drug-likeness (QED) is 0.108. The first kappa shape index (κ1) is 67.6. The lowest BCUT2D eigenvalue weighted by Gasteiger charge is -2.14. The predicted molar refractivity (Wildman–Crippen MR) is 485 cm³/mol. The molecule has 6 aromatic heterocycles. The molecule has 6 heterocycles. The van der Waals surface area contributed by atoms with Crippen LogP contribution in [0.3, 0.4) is 0 Å². The van der Waals surface area contributed by atoms with E-state index in [1.807, 2.05) is 54.6 Å². The second-order valence-electron chi connectivity index (χ2n) is 30.1. The van der Waals surface area contributed by atoms with E-state index in [0.717, 1.165) is 177 Å². The van der Waals surface area contributed by atoms with E-state index in [2.05, 4.69) is 376 Å². The van der Waals surface area contributed by atoms with Crippen molar-refractivity contribution in [3.05, 3.63) is 413 Å². The zero-order chi connectivity index (χ0) is 77.7. The Morgan fingerprint density at radius 2 is 0.398 bits per heavy atom. The van der Waals surface area contributed by atoms with Crippen LogP contribution in [0.25, 0.3) is 223 Å². The highest BCUT2D eigenvalue weighted by Gasteiger charge is 2.26. The SMILES string of the molecule is c1ccc(-c2ccc3c4ccc(-c5cc(-c6nc(-c7ccccc7)nc(-c7ccccc7)n6)cc6c5c5ccccc5n6-c5ccccc5)cc4n(-c4cccc(-c5cccc(-c6nc(-c7ccccc7)nc(-c7cc(-c8ccc9c%10ccccc%10n(-c%10ccccc%10)c9c8)c8c9ccccc9n(-c9ccccc9)c8c7)n6)c5)c4)c3c2)cc1. The van der Waals surface area contributed by atoms with Crippen LogP contribution in [-0.2, 0) is 0 Å². The van der Waals surface area contributed by atoms with Gasteiger partial charge in [-0.15, -0.1) is 0 Å². The predicted octanol–water partition coefficient (Wildman–Crippen LogP) is 27.1. The van der Waals surface area contributed by atoms with Crippen molar-refractivity contribution in [2.45, 2.75) is 0 Å². The maximum atomic E-state index is 5.61. The third kappa shape index (κ3) is 11.5. The zero-order valence-electron chi connectivity index (χ0n) is 63.7. The van der Waals surface area contributed by atoms with Gasteiger partial charge >= 0.3 is 0 Å². The summed E-state index contributed by atoms with van der Waals surface area (Å²) in [4.78, 5) is 32.4. The van der Waals surface area contributed by atoms with Crippen molar-refractivity contribution in [2.75, 3.05) is 0 Å². The molecule has 0 fully saturated rings. The van der Waals surface area contributed by atoms with Crippen LogP contribution in [0.1, 0.15) is 0 Å². The molecule has 23 aromatic rings. The van der Waals surface area contributed by atoms with E-state index < -0.39 is 0 Å². The molecule has 10 heteroatoms. The highest BCUT2D eigenvalue weighted by atomic mass is 15.1. The summed E-state index contributed by atoms with van der Waals surface area (Å²) in [5.74, 6) is 3.45. The maximum Gasteiger partial charge on any atom is 0.164 e. The Hall–Kier alpha value is -16.0. The molecule has 0 spiro atoms. The lowest BCUT2D eigenvalue weighted by Crippen LogP contribution is -2.01. The summed E-state index contributed by atoms with van der Waals surface area (Å²) in [5.41, 5.74) is 26.7. The lowest BCUT2D eigenvalue weighted by molar-refractivity contribution is 1.07. The van der Waals surface area contributed by atoms with Gasteiger partial charge in [-0.25, -0.2) is 29.9 Å². The van der Waals surface area contributed by atoms with Crippen molar-refractivity contribution in [2.24, 2.45) is 0 Å². The molecule has 0 atom stereocenters. The van der Waals surface area contributed by atoms with Gasteiger partial charge in [0.1, 0.15) is 0 Å². The molecule has 0 N–H and O–H groups in total. The molecule has 0 saturated carbocycles. The van der Waals surface area contributed by atoms with Gasteiger partial charge in [0.25, 0.3) is 0 Å². The van der Waals surface area contributed by atoms with Gasteiger partial charge < -0.3 is 18.3 Å². The van der Waals surface area contributed by atoms with E-state index in [9.17, 15) is 0 Å². The average molecular weight is 1510 g/mol. The molecule has 0 aliphatic carbocycles. The van der Waals surface area contributed by atoms with Gasteiger partial charge in [0.05, 0.1) is 44.1 Å². The van der Waals surface area contributed by atoms with E-state index in [4.69, 9.17) is 29.9 Å². The highest BCUT2D eigenvalue weighted by Crippen LogP contribution is 2.48. The molecule has 0 saturated heterocycles. The number of fused-ring (bicyclic) bond motifs is 12. The molecule has 0 aliphatic rings. The van der Waals surface area contributed by atoms with Crippen molar-refractivity contribution in [1.82, 2.24) is 48.2 Å². The number of para-hydroxylation sites is 6. The summed E-state index contributed by atoms with van der Waals surface area (Å²) in [5, 5.41) is 9.19. The molecule has 0 amide bonds. The first-order valence-corrected chi connectivity index (χ1v) is 39.9. The second-order valence-corrected chi connectivity index (χ2v) is 30.1. The number of aromatic nitrogens is 10. The van der Waals surface area contributed by atoms with E-state index in [0.29, 0.717) is 34.9 Å². The van der Waals surface area contributed by atoms with Crippen LogP contribution in [0.5, 0.6) is 0 Å². The smallest absolute Gasteiger partial charge is 0.164 e. The third-order valence-corrected chi connectivity index (χ3v) is 23.2. The number of hydrogen-bond acceptors (Lipinski definition) is 6. The van der Waals surface area contributed by atoms with Crippen molar-refractivity contribution < 1.29 is 0 Å². The number of nitrogens with zero attached hydrogens (tertiary/aromatic N) is 10. The minimum absolute atomic E-state index is 0.554. The molecular formula is C108H68N10. The largest absolute Gasteiger partial charge is 0.309 e. The Kier molecular flexibility index (Phi) is 16.0. The minimum atomic E-state index is 0.554. The van der Waals surface area contributed by atoms with Crippen molar-refractivity contribution >= 4 is 87.2 Å². The molecule has 0 unspecified atom stereocenters. The molecule has 17 aromatic carbocycles. The average Bonchev–Trinajstić information content (AvgIpc) is 1.56. The third-order valence-electron chi connectivity index (χ3n) is 23.2. The van der Waals surface area contributed by atoms with Gasteiger partial charge in [-0.2, -0.15) is 0 Å². The summed E-state index contributed by atoms with van der Waals surface area (Å²) in [6, 6.07) is 147. The number of rotatable bonds is 14. The molecule has 10 nitrogen and oxygen atoms in total. The van der Waals surface area contributed by atoms with Crippen molar-refractivity contribution in [1.29, 1.82) is 0 Å². The van der Waals surface area contributed by atoms with E-state index in [1.165, 1.54) is 10.8 Å². The molecule has 0 aliphatic heterocycles. The van der Waals surface area contributed by atoms with Crippen LogP contribution in [0.2, 0.25) is 0 Å². The van der Waals surface area contributed by atoms with Gasteiger partial charge in [0, 0.05) is 99.2 Å². The number of benzene rings is 17. The van der Waals surface area contributed by atoms with Gasteiger partial charge in [0.2, 0.25) is 0 Å². The first-order valence-electron chi connectivity index (χ1n) is 39.9. The lowest BCUT2D eigenvalue weighted by atomic mass is 9.95. The van der Waals surface area contributed by atoms with Crippen LogP contribution >= 0.6 is 0 Å². The molecule has 0 bridgehead atoms. The Balaban J connectivity index is 0.704. The molecular weight excluding hydrogens is 1440 g/mol. The summed E-state index contributed by atoms with van der Waals surface area (Å²) in [6.07, 6.45) is 0. The fourth-order valence-corrected chi connectivity index (χ4v) is 17.8. The van der Waals surface area contributed by atoms with Gasteiger partial charge in [-0.1, -0.05) is 297 Å². The second kappa shape index (κ2) is 28.0. The van der Waals surface area contributed by atoms with Crippen LogP contribution < -0.4 is 0 Å². The summed E-state index contributed by atoms with van der Waals surface area (Å²) >= 11 is 0. The molecule has 550 valence electrons. The monoisotopic (exact) mass is 1500 g/mol. The fraction of sp³-hybridized carbons (Fsp3) is 0. The summed E-state index contributed by atoms with van der Waals surface area (Å²) < 4.78 is 9.63. The topological polar surface area (TPSA) is 97.1 Å². The molecule has 23 rings (SSSR count). The molecule has 118 heavy (non-hydrogen) atoms. The fourth-order valence-electron chi connectivity index (χ4n) is 17.8. The Labute approximate surface area is 679 Å². The van der Waals surface area contributed by atoms with Gasteiger partial charge in [0.15, 0.2) is 34.9 Å². The summed E-state index contributed by atoms with van der Waals surface area (Å²) in [7, 11) is 0. The molecule has 0 radical (unpaired) electrons. The van der Waals surface area contributed by atoms with E-state index in [-0.39, 0.29) is 0 Å². The van der Waals surface area contributed by atoms with E-state index in [1.54, 1.807) is 0 Å². The summed E-state index contributed by atoms with van der Waals surface area (Å²) in [6.45, 7) is 0. The van der Waals surface area contributed by atoms with E-state index >= 15 is 0 Å². The maximum absolute atomic E-state index is 5.61. The Bertz CT molecular complexity index is 7830. The normalized spacial score (nSPS) is 11.7. The van der Waals surface area contributed by atoms with Crippen LogP contribution in [0.4, 0.5) is 0 Å². The van der Waals surface area contributed by atoms with Crippen LogP contribution in [0, 0.1) is 0 Å². The van der Waals surface area contributed by atoms with Gasteiger partial charge in [-0.3, -0.25) is 0 Å².